The lowest BCUT2D eigenvalue weighted by molar-refractivity contribution is -0.940. The van der Waals surface area contributed by atoms with Gasteiger partial charge in [0.25, 0.3) is 0 Å². The first kappa shape index (κ1) is 29.1. The molecule has 2 unspecified atom stereocenters. The van der Waals surface area contributed by atoms with Crippen LogP contribution >= 0.6 is 0 Å². The number of hydrogen-bond donors (Lipinski definition) is 2. The van der Waals surface area contributed by atoms with Gasteiger partial charge in [-0.2, -0.15) is 0 Å². The summed E-state index contributed by atoms with van der Waals surface area (Å²) in [6, 6.07) is 10.4. The molecule has 12 heteroatoms. The maximum atomic E-state index is 11.2. The van der Waals surface area contributed by atoms with Crippen LogP contribution in [0.5, 0.6) is 23.0 Å². The van der Waals surface area contributed by atoms with Crippen molar-refractivity contribution in [2.24, 2.45) is 0 Å². The van der Waals surface area contributed by atoms with Gasteiger partial charge < -0.3 is 46.2 Å². The molecule has 2 N–H and O–H groups in total. The summed E-state index contributed by atoms with van der Waals surface area (Å²) < 4.78 is 60.9. The van der Waals surface area contributed by atoms with E-state index in [0.717, 1.165) is 18.4 Å². The molecule has 36 heavy (non-hydrogen) atoms. The van der Waals surface area contributed by atoms with Gasteiger partial charge in [0.1, 0.15) is 6.04 Å². The zero-order chi connectivity index (χ0) is 27.0. The normalized spacial score (nSPS) is 18.9. The van der Waals surface area contributed by atoms with Gasteiger partial charge in [-0.15, -0.1) is 0 Å². The number of benzene rings is 2. The molecule has 0 amide bonds. The quantitative estimate of drug-likeness (QED) is 0.391. The number of likely N-dealkylation sites (N-methyl/N-ethyl adjacent to an activating group) is 1. The van der Waals surface area contributed by atoms with Crippen molar-refractivity contribution in [3.05, 3.63) is 47.0 Å². The van der Waals surface area contributed by atoms with E-state index in [1.165, 1.54) is 16.0 Å². The third-order valence-electron chi connectivity index (χ3n) is 6.28. The first-order valence-electron chi connectivity index (χ1n) is 11.3. The SMILES string of the molecule is COc1ccc(C[C@@H]2c3cc(OC)c(OC)cc3CC(CCC(=O)O)[NH+]2C)cc1OC.F[B-](F)(F)F. The van der Waals surface area contributed by atoms with Gasteiger partial charge in [-0.1, -0.05) is 6.07 Å². The highest BCUT2D eigenvalue weighted by Crippen LogP contribution is 2.37. The molecular formula is C24H32BF4NO6. The molecule has 2 aromatic carbocycles. The van der Waals surface area contributed by atoms with Gasteiger partial charge in [0.15, 0.2) is 23.0 Å². The van der Waals surface area contributed by atoms with E-state index in [-0.39, 0.29) is 18.5 Å². The van der Waals surface area contributed by atoms with Crippen LogP contribution in [0.2, 0.25) is 0 Å². The highest BCUT2D eigenvalue weighted by Gasteiger charge is 2.37. The molecule has 0 radical (unpaired) electrons. The number of carbonyl (C=O) groups is 1. The van der Waals surface area contributed by atoms with Crippen LogP contribution in [-0.2, 0) is 17.6 Å². The van der Waals surface area contributed by atoms with E-state index in [4.69, 9.17) is 18.9 Å². The molecule has 0 bridgehead atoms. The minimum atomic E-state index is -6.00. The van der Waals surface area contributed by atoms with Crippen LogP contribution < -0.4 is 23.8 Å². The van der Waals surface area contributed by atoms with Crippen molar-refractivity contribution in [2.75, 3.05) is 35.5 Å². The van der Waals surface area contributed by atoms with E-state index >= 15 is 0 Å². The van der Waals surface area contributed by atoms with E-state index in [1.807, 2.05) is 18.2 Å². The lowest BCUT2D eigenvalue weighted by atomic mass is 9.84. The number of methoxy groups -OCH3 is 4. The summed E-state index contributed by atoms with van der Waals surface area (Å²) in [5.74, 6) is 2.03. The number of carboxylic acids is 1. The molecule has 0 saturated heterocycles. The van der Waals surface area contributed by atoms with Gasteiger partial charge >= 0.3 is 13.2 Å². The van der Waals surface area contributed by atoms with Crippen molar-refractivity contribution in [2.45, 2.75) is 37.8 Å². The summed E-state index contributed by atoms with van der Waals surface area (Å²) in [6.45, 7) is 0. The highest BCUT2D eigenvalue weighted by atomic mass is 19.5. The average Bonchev–Trinajstić information content (AvgIpc) is 2.82. The first-order valence-corrected chi connectivity index (χ1v) is 11.3. The predicted octanol–water partition coefficient (Wildman–Crippen LogP) is 3.61. The minimum absolute atomic E-state index is 0.139. The second-order valence-electron chi connectivity index (χ2n) is 8.42. The third kappa shape index (κ3) is 7.94. The lowest BCUT2D eigenvalue weighted by Gasteiger charge is -2.38. The van der Waals surface area contributed by atoms with Gasteiger partial charge in [-0.05, 0) is 35.4 Å². The number of rotatable bonds is 9. The number of ether oxygens (including phenoxy) is 4. The highest BCUT2D eigenvalue weighted by molar-refractivity contribution is 6.50. The van der Waals surface area contributed by atoms with Gasteiger partial charge in [0.2, 0.25) is 0 Å². The van der Waals surface area contributed by atoms with E-state index in [0.29, 0.717) is 29.4 Å². The Bertz CT molecular complexity index is 1030. The Hall–Kier alpha value is -3.15. The molecule has 2 aromatic rings. The molecule has 200 valence electrons. The van der Waals surface area contributed by atoms with E-state index in [9.17, 15) is 27.2 Å². The summed E-state index contributed by atoms with van der Waals surface area (Å²) in [7, 11) is 2.68. The van der Waals surface area contributed by atoms with Crippen molar-refractivity contribution in [1.82, 2.24) is 0 Å². The Balaban J connectivity index is 0.000000830. The topological polar surface area (TPSA) is 78.7 Å². The fourth-order valence-electron chi connectivity index (χ4n) is 4.54. The number of halogens is 4. The monoisotopic (exact) mass is 517 g/mol. The van der Waals surface area contributed by atoms with Crippen LogP contribution in [0.15, 0.2) is 30.3 Å². The van der Waals surface area contributed by atoms with Crippen LogP contribution in [0, 0.1) is 0 Å². The summed E-state index contributed by atoms with van der Waals surface area (Å²) >= 11 is 0. The lowest BCUT2D eigenvalue weighted by Crippen LogP contribution is -3.14. The standard InChI is InChI=1S/C24H31NO6.BF4/c1-25-17(7-9-24(26)27)12-16-13-22(30-4)23(31-5)14-18(16)19(25)10-15-6-8-20(28-2)21(11-15)29-3;2-1(3,4)5/h6,8,11,13-14,17,19H,7,9-10,12H2,1-5H3,(H,26,27);/q;-1/p+1/t17?,19-;/m1./s1. The Morgan fingerprint density at radius 2 is 1.47 bits per heavy atom. The minimum Gasteiger partial charge on any atom is -0.493 e. The van der Waals surface area contributed by atoms with Gasteiger partial charge in [-0.25, -0.2) is 0 Å². The number of fused-ring (bicyclic) bond motifs is 1. The van der Waals surface area contributed by atoms with Crippen molar-refractivity contribution in [3.63, 3.8) is 0 Å². The fourth-order valence-corrected chi connectivity index (χ4v) is 4.54. The number of aliphatic carboxylic acids is 1. The molecule has 0 saturated carbocycles. The molecule has 0 fully saturated rings. The van der Waals surface area contributed by atoms with Crippen molar-refractivity contribution < 1.29 is 51.0 Å². The summed E-state index contributed by atoms with van der Waals surface area (Å²) in [5.41, 5.74) is 3.52. The molecule has 0 aliphatic carbocycles. The second-order valence-corrected chi connectivity index (χ2v) is 8.42. The summed E-state index contributed by atoms with van der Waals surface area (Å²) in [4.78, 5) is 12.5. The zero-order valence-electron chi connectivity index (χ0n) is 20.9. The van der Waals surface area contributed by atoms with Gasteiger partial charge in [0.05, 0.1) is 47.9 Å². The largest absolute Gasteiger partial charge is 0.673 e. The Morgan fingerprint density at radius 3 is 2.00 bits per heavy atom. The van der Waals surface area contributed by atoms with Crippen LogP contribution in [-0.4, -0.2) is 59.9 Å². The van der Waals surface area contributed by atoms with Gasteiger partial charge in [-0.3, -0.25) is 4.79 Å². The maximum Gasteiger partial charge on any atom is 0.673 e. The molecule has 1 aliphatic heterocycles. The molecule has 7 nitrogen and oxygen atoms in total. The first-order chi connectivity index (χ1) is 16.9. The molecular weight excluding hydrogens is 485 g/mol. The third-order valence-corrected chi connectivity index (χ3v) is 6.28. The van der Waals surface area contributed by atoms with E-state index in [2.05, 4.69) is 19.2 Å². The molecule has 0 spiro atoms. The van der Waals surface area contributed by atoms with Crippen molar-refractivity contribution in [3.8, 4) is 23.0 Å². The van der Waals surface area contributed by atoms with Crippen LogP contribution in [0.4, 0.5) is 17.3 Å². The number of nitrogens with one attached hydrogen (secondary N) is 1. The fraction of sp³-hybridized carbons (Fsp3) is 0.458. The Kier molecular flexibility index (Phi) is 10.3. The number of carboxylic acid groups (broad SMARTS) is 1. The van der Waals surface area contributed by atoms with E-state index in [1.54, 1.807) is 28.4 Å². The van der Waals surface area contributed by atoms with Crippen LogP contribution in [0.25, 0.3) is 0 Å². The molecule has 0 aromatic heterocycles. The summed E-state index contributed by atoms with van der Waals surface area (Å²) in [6.07, 6.45) is 2.36. The van der Waals surface area contributed by atoms with Crippen LogP contribution in [0.1, 0.15) is 35.6 Å². The van der Waals surface area contributed by atoms with Crippen LogP contribution in [0.3, 0.4) is 0 Å². The predicted molar refractivity (Wildman–Crippen MR) is 127 cm³/mol. The summed E-state index contributed by atoms with van der Waals surface area (Å²) in [5, 5.41) is 9.21. The maximum absolute atomic E-state index is 11.2. The zero-order valence-corrected chi connectivity index (χ0v) is 20.9. The second kappa shape index (κ2) is 12.7. The number of quaternary nitrogens is 1. The van der Waals surface area contributed by atoms with Crippen molar-refractivity contribution >= 4 is 13.2 Å². The van der Waals surface area contributed by atoms with E-state index < -0.39 is 13.2 Å². The van der Waals surface area contributed by atoms with Gasteiger partial charge in [0, 0.05) is 24.8 Å². The smallest absolute Gasteiger partial charge is 0.493 e. The molecule has 1 aliphatic rings. The Morgan fingerprint density at radius 1 is 0.944 bits per heavy atom. The Labute approximate surface area is 208 Å². The molecule has 3 rings (SSSR count). The molecule has 1 heterocycles. The molecule has 3 atom stereocenters. The number of hydrogen-bond acceptors (Lipinski definition) is 5. The average molecular weight is 517 g/mol. The van der Waals surface area contributed by atoms with Crippen molar-refractivity contribution in [1.29, 1.82) is 0 Å².